The summed E-state index contributed by atoms with van der Waals surface area (Å²) in [7, 11) is 0. The van der Waals surface area contributed by atoms with Crippen molar-refractivity contribution in [3.63, 3.8) is 0 Å². The molecule has 0 aliphatic carbocycles. The molecule has 0 aliphatic rings. The zero-order valence-electron chi connectivity index (χ0n) is 7.48. The monoisotopic (exact) mass is 283 g/mol. The number of nitrogens with one attached hydrogen (secondary N) is 1. The fourth-order valence-corrected chi connectivity index (χ4v) is 1.71. The average Bonchev–Trinajstić information content (AvgIpc) is 2.71. The maximum atomic E-state index is 11.6. The van der Waals surface area contributed by atoms with E-state index in [1.54, 1.807) is 29.9 Å². The lowest BCUT2D eigenvalue weighted by Crippen LogP contribution is -2.13. The van der Waals surface area contributed by atoms with E-state index in [1.807, 2.05) is 0 Å². The number of thiazole rings is 1. The Balaban J connectivity index is 2.11. The number of carbonyl (C=O) groups excluding carboxylic acids is 1. The molecule has 76 valence electrons. The van der Waals surface area contributed by atoms with E-state index in [0.717, 1.165) is 4.47 Å². The third-order valence-corrected chi connectivity index (χ3v) is 2.77. The maximum Gasteiger partial charge on any atom is 0.276 e. The van der Waals surface area contributed by atoms with E-state index in [1.165, 1.54) is 11.3 Å². The molecule has 4 nitrogen and oxygen atoms in total. The van der Waals surface area contributed by atoms with E-state index in [9.17, 15) is 4.79 Å². The zero-order valence-corrected chi connectivity index (χ0v) is 9.88. The SMILES string of the molecule is O=C(Nc1nccs1)c1ccc(Br)cn1. The predicted octanol–water partition coefficient (Wildman–Crippen LogP) is 2.55. The highest BCUT2D eigenvalue weighted by molar-refractivity contribution is 9.10. The molecule has 0 saturated carbocycles. The van der Waals surface area contributed by atoms with Gasteiger partial charge in [-0.05, 0) is 28.1 Å². The van der Waals surface area contributed by atoms with E-state index >= 15 is 0 Å². The van der Waals surface area contributed by atoms with Crippen molar-refractivity contribution in [1.29, 1.82) is 0 Å². The van der Waals surface area contributed by atoms with Gasteiger partial charge in [0.2, 0.25) is 0 Å². The molecule has 0 unspecified atom stereocenters. The Bertz CT molecular complexity index is 455. The third kappa shape index (κ3) is 2.60. The number of carbonyl (C=O) groups is 1. The van der Waals surface area contributed by atoms with Gasteiger partial charge in [-0.1, -0.05) is 0 Å². The zero-order chi connectivity index (χ0) is 10.7. The summed E-state index contributed by atoms with van der Waals surface area (Å²) in [4.78, 5) is 19.5. The fourth-order valence-electron chi connectivity index (χ4n) is 0.956. The number of aromatic nitrogens is 2. The van der Waals surface area contributed by atoms with Crippen LogP contribution in [0.3, 0.4) is 0 Å². The molecule has 2 heterocycles. The minimum Gasteiger partial charge on any atom is -0.296 e. The molecule has 6 heteroatoms. The Kier molecular flexibility index (Phi) is 3.08. The van der Waals surface area contributed by atoms with Crippen molar-refractivity contribution in [3.8, 4) is 0 Å². The van der Waals surface area contributed by atoms with Crippen molar-refractivity contribution in [1.82, 2.24) is 9.97 Å². The van der Waals surface area contributed by atoms with Crippen molar-refractivity contribution in [2.75, 3.05) is 5.32 Å². The summed E-state index contributed by atoms with van der Waals surface area (Å²) >= 11 is 4.62. The first-order chi connectivity index (χ1) is 7.25. The molecule has 0 fully saturated rings. The van der Waals surface area contributed by atoms with Gasteiger partial charge in [0.1, 0.15) is 5.69 Å². The number of anilines is 1. The molecule has 0 bridgehead atoms. The molecule has 2 aromatic heterocycles. The number of hydrogen-bond donors (Lipinski definition) is 1. The third-order valence-electron chi connectivity index (χ3n) is 1.61. The number of nitrogens with zero attached hydrogens (tertiary/aromatic N) is 2. The Labute approximate surface area is 98.5 Å². The van der Waals surface area contributed by atoms with Crippen molar-refractivity contribution in [2.24, 2.45) is 0 Å². The molecule has 0 aliphatic heterocycles. The topological polar surface area (TPSA) is 54.9 Å². The van der Waals surface area contributed by atoms with Crippen LogP contribution in [0.2, 0.25) is 0 Å². The number of rotatable bonds is 2. The molecule has 2 rings (SSSR count). The molecule has 0 saturated heterocycles. The standard InChI is InChI=1S/C9H6BrN3OS/c10-6-1-2-7(12-5-6)8(14)13-9-11-3-4-15-9/h1-5H,(H,11,13,14). The van der Waals surface area contributed by atoms with Crippen LogP contribution in [-0.2, 0) is 0 Å². The van der Waals surface area contributed by atoms with Crippen LogP contribution < -0.4 is 5.32 Å². The van der Waals surface area contributed by atoms with Gasteiger partial charge in [0.05, 0.1) is 0 Å². The van der Waals surface area contributed by atoms with Crippen molar-refractivity contribution in [2.45, 2.75) is 0 Å². The smallest absolute Gasteiger partial charge is 0.276 e. The molecule has 0 atom stereocenters. The van der Waals surface area contributed by atoms with Gasteiger partial charge in [-0.15, -0.1) is 11.3 Å². The normalized spacial score (nSPS) is 9.93. The fraction of sp³-hybridized carbons (Fsp3) is 0. The lowest BCUT2D eigenvalue weighted by Gasteiger charge is -2.00. The summed E-state index contributed by atoms with van der Waals surface area (Å²) < 4.78 is 0.841. The largest absolute Gasteiger partial charge is 0.296 e. The van der Waals surface area contributed by atoms with Gasteiger partial charge in [0.15, 0.2) is 5.13 Å². The summed E-state index contributed by atoms with van der Waals surface area (Å²) in [6, 6.07) is 3.41. The molecule has 15 heavy (non-hydrogen) atoms. The summed E-state index contributed by atoms with van der Waals surface area (Å²) in [5.41, 5.74) is 0.369. The van der Waals surface area contributed by atoms with E-state index in [4.69, 9.17) is 0 Å². The average molecular weight is 284 g/mol. The Morgan fingerprint density at radius 1 is 1.40 bits per heavy atom. The Morgan fingerprint density at radius 2 is 2.27 bits per heavy atom. The van der Waals surface area contributed by atoms with Gasteiger partial charge < -0.3 is 0 Å². The summed E-state index contributed by atoms with van der Waals surface area (Å²) in [6.45, 7) is 0. The quantitative estimate of drug-likeness (QED) is 0.922. The summed E-state index contributed by atoms with van der Waals surface area (Å²) in [5.74, 6) is -0.252. The first kappa shape index (κ1) is 10.3. The minimum absolute atomic E-state index is 0.252. The van der Waals surface area contributed by atoms with Crippen LogP contribution >= 0.6 is 27.3 Å². The number of hydrogen-bond acceptors (Lipinski definition) is 4. The van der Waals surface area contributed by atoms with E-state index in [-0.39, 0.29) is 5.91 Å². The second kappa shape index (κ2) is 4.50. The van der Waals surface area contributed by atoms with Crippen LogP contribution in [0.4, 0.5) is 5.13 Å². The lowest BCUT2D eigenvalue weighted by atomic mass is 10.3. The van der Waals surface area contributed by atoms with Gasteiger partial charge in [-0.25, -0.2) is 9.97 Å². The maximum absolute atomic E-state index is 11.6. The highest BCUT2D eigenvalue weighted by Crippen LogP contribution is 2.12. The van der Waals surface area contributed by atoms with Gasteiger partial charge in [-0.3, -0.25) is 10.1 Å². The molecule has 2 aromatic rings. The summed E-state index contributed by atoms with van der Waals surface area (Å²) in [6.07, 6.45) is 3.21. The molecular formula is C9H6BrN3OS. The molecular weight excluding hydrogens is 278 g/mol. The molecule has 0 radical (unpaired) electrons. The van der Waals surface area contributed by atoms with Gasteiger partial charge >= 0.3 is 0 Å². The van der Waals surface area contributed by atoms with Crippen LogP contribution in [0.5, 0.6) is 0 Å². The number of pyridine rings is 1. The van der Waals surface area contributed by atoms with Crippen LogP contribution in [0.1, 0.15) is 10.5 Å². The van der Waals surface area contributed by atoms with Crippen LogP contribution in [0, 0.1) is 0 Å². The van der Waals surface area contributed by atoms with Gasteiger partial charge in [-0.2, -0.15) is 0 Å². The minimum atomic E-state index is -0.252. The van der Waals surface area contributed by atoms with E-state index < -0.39 is 0 Å². The highest BCUT2D eigenvalue weighted by Gasteiger charge is 2.07. The first-order valence-corrected chi connectivity index (χ1v) is 5.75. The van der Waals surface area contributed by atoms with E-state index in [0.29, 0.717) is 10.8 Å². The Morgan fingerprint density at radius 3 is 2.87 bits per heavy atom. The molecule has 1 N–H and O–H groups in total. The van der Waals surface area contributed by atoms with Crippen molar-refractivity contribution < 1.29 is 4.79 Å². The number of halogens is 1. The van der Waals surface area contributed by atoms with Crippen molar-refractivity contribution in [3.05, 3.63) is 40.1 Å². The first-order valence-electron chi connectivity index (χ1n) is 4.08. The van der Waals surface area contributed by atoms with Crippen molar-refractivity contribution >= 4 is 38.3 Å². The van der Waals surface area contributed by atoms with Crippen LogP contribution in [0.15, 0.2) is 34.4 Å². The molecule has 0 spiro atoms. The predicted molar refractivity (Wildman–Crippen MR) is 62.0 cm³/mol. The van der Waals surface area contributed by atoms with Gasteiger partial charge in [0.25, 0.3) is 5.91 Å². The van der Waals surface area contributed by atoms with Gasteiger partial charge in [0, 0.05) is 22.2 Å². The second-order valence-corrected chi connectivity index (χ2v) is 4.46. The number of amides is 1. The lowest BCUT2D eigenvalue weighted by molar-refractivity contribution is 0.102. The Hall–Kier alpha value is -1.27. The van der Waals surface area contributed by atoms with Crippen LogP contribution in [0.25, 0.3) is 0 Å². The molecule has 0 aromatic carbocycles. The van der Waals surface area contributed by atoms with Crippen LogP contribution in [-0.4, -0.2) is 15.9 Å². The second-order valence-electron chi connectivity index (χ2n) is 2.65. The highest BCUT2D eigenvalue weighted by atomic mass is 79.9. The van der Waals surface area contributed by atoms with E-state index in [2.05, 4.69) is 31.2 Å². The molecule has 1 amide bonds. The summed E-state index contributed by atoms with van der Waals surface area (Å²) in [5, 5.41) is 5.02.